The van der Waals surface area contributed by atoms with Crippen molar-refractivity contribution < 1.29 is 9.90 Å². The van der Waals surface area contributed by atoms with Crippen LogP contribution in [0.1, 0.15) is 20.3 Å². The Kier molecular flexibility index (Phi) is 3.09. The fourth-order valence-electron chi connectivity index (χ4n) is 0.638. The second-order valence-corrected chi connectivity index (χ2v) is 2.20. The zero-order valence-corrected chi connectivity index (χ0v) is 6.29. The summed E-state index contributed by atoms with van der Waals surface area (Å²) >= 11 is 0. The molecule has 0 heterocycles. The van der Waals surface area contributed by atoms with Crippen LogP contribution in [-0.4, -0.2) is 16.6 Å². The van der Waals surface area contributed by atoms with Crippen molar-refractivity contribution in [1.29, 1.82) is 0 Å². The lowest BCUT2D eigenvalue weighted by molar-refractivity contribution is -0.141. The normalized spacial score (nSPS) is 17.1. The van der Waals surface area contributed by atoms with Crippen molar-refractivity contribution in [2.45, 2.75) is 25.8 Å². The molecule has 3 N–H and O–H groups in total. The molecule has 0 fully saturated rings. The van der Waals surface area contributed by atoms with Gasteiger partial charge in [0.2, 0.25) is 0 Å². The van der Waals surface area contributed by atoms with Crippen LogP contribution in [-0.2, 0) is 4.79 Å². The minimum atomic E-state index is -1.17. The van der Waals surface area contributed by atoms with E-state index in [9.17, 15) is 4.79 Å². The van der Waals surface area contributed by atoms with Crippen LogP contribution < -0.4 is 5.73 Å². The molecule has 3 nitrogen and oxygen atoms in total. The monoisotopic (exact) mass is 143 g/mol. The number of aliphatic carboxylic acids is 1. The Bertz CT molecular complexity index is 154. The van der Waals surface area contributed by atoms with E-state index < -0.39 is 11.5 Å². The molecule has 3 heteroatoms. The van der Waals surface area contributed by atoms with Crippen LogP contribution in [0.2, 0.25) is 0 Å². The standard InChI is InChI=1S/C7H13NO2/c1-3-5-7(8,4-2)6(9)10/h3,5H,4,8H2,1-2H3,(H,9,10)/b5-3+/t7-/m0/s1. The van der Waals surface area contributed by atoms with Crippen molar-refractivity contribution in [1.82, 2.24) is 0 Å². The predicted octanol–water partition coefficient (Wildman–Crippen LogP) is 0.755. The first-order valence-corrected chi connectivity index (χ1v) is 3.23. The Hall–Kier alpha value is -0.830. The lowest BCUT2D eigenvalue weighted by Gasteiger charge is -2.17. The molecule has 1 atom stereocenters. The van der Waals surface area contributed by atoms with Crippen molar-refractivity contribution in [3.8, 4) is 0 Å². The molecule has 0 saturated heterocycles. The van der Waals surface area contributed by atoms with Gasteiger partial charge in [-0.1, -0.05) is 19.1 Å². The van der Waals surface area contributed by atoms with Gasteiger partial charge in [0.05, 0.1) is 0 Å². The average molecular weight is 143 g/mol. The molecule has 0 aromatic heterocycles. The quantitative estimate of drug-likeness (QED) is 0.573. The molecule has 0 aliphatic heterocycles. The van der Waals surface area contributed by atoms with Gasteiger partial charge in [-0.2, -0.15) is 0 Å². The molecule has 0 amide bonds. The number of allylic oxidation sites excluding steroid dienone is 1. The number of hydrogen-bond acceptors (Lipinski definition) is 2. The minimum Gasteiger partial charge on any atom is -0.480 e. The summed E-state index contributed by atoms with van der Waals surface area (Å²) in [5.74, 6) is -0.979. The van der Waals surface area contributed by atoms with E-state index in [4.69, 9.17) is 10.8 Å². The summed E-state index contributed by atoms with van der Waals surface area (Å²) in [7, 11) is 0. The molecule has 0 bridgehead atoms. The number of hydrogen-bond donors (Lipinski definition) is 2. The SMILES string of the molecule is C/C=C/[C@@](N)(CC)C(=O)O. The highest BCUT2D eigenvalue weighted by molar-refractivity contribution is 5.80. The summed E-state index contributed by atoms with van der Waals surface area (Å²) in [6.45, 7) is 3.49. The Labute approximate surface area is 60.5 Å². The molecule has 0 aliphatic carbocycles. The molecule has 0 aromatic rings. The van der Waals surface area contributed by atoms with Crippen molar-refractivity contribution >= 4 is 5.97 Å². The van der Waals surface area contributed by atoms with E-state index in [1.54, 1.807) is 19.9 Å². The van der Waals surface area contributed by atoms with Crippen LogP contribution in [0.5, 0.6) is 0 Å². The Morgan fingerprint density at radius 1 is 1.80 bits per heavy atom. The number of nitrogens with two attached hydrogens (primary N) is 1. The average Bonchev–Trinajstić information content (AvgIpc) is 1.88. The lowest BCUT2D eigenvalue weighted by Crippen LogP contribution is -2.45. The molecule has 0 saturated carbocycles. The van der Waals surface area contributed by atoms with Crippen LogP contribution in [0.3, 0.4) is 0 Å². The van der Waals surface area contributed by atoms with Gasteiger partial charge < -0.3 is 10.8 Å². The highest BCUT2D eigenvalue weighted by Crippen LogP contribution is 2.07. The van der Waals surface area contributed by atoms with Gasteiger partial charge in [-0.25, -0.2) is 4.79 Å². The molecular formula is C7H13NO2. The van der Waals surface area contributed by atoms with E-state index in [-0.39, 0.29) is 0 Å². The third-order valence-electron chi connectivity index (χ3n) is 1.45. The number of carboxylic acids is 1. The molecule has 58 valence electrons. The van der Waals surface area contributed by atoms with Gasteiger partial charge in [0, 0.05) is 0 Å². The van der Waals surface area contributed by atoms with Crippen LogP contribution >= 0.6 is 0 Å². The van der Waals surface area contributed by atoms with Gasteiger partial charge in [0.1, 0.15) is 5.54 Å². The molecular weight excluding hydrogens is 130 g/mol. The second kappa shape index (κ2) is 3.37. The first kappa shape index (κ1) is 9.17. The topological polar surface area (TPSA) is 63.3 Å². The molecule has 0 aromatic carbocycles. The van der Waals surface area contributed by atoms with Crippen molar-refractivity contribution in [2.24, 2.45) is 5.73 Å². The van der Waals surface area contributed by atoms with Gasteiger partial charge in [0.15, 0.2) is 0 Å². The molecule has 0 rings (SSSR count). The lowest BCUT2D eigenvalue weighted by atomic mass is 9.97. The van der Waals surface area contributed by atoms with E-state index in [0.29, 0.717) is 6.42 Å². The van der Waals surface area contributed by atoms with Gasteiger partial charge in [-0.15, -0.1) is 0 Å². The van der Waals surface area contributed by atoms with E-state index in [2.05, 4.69) is 0 Å². The summed E-state index contributed by atoms with van der Waals surface area (Å²) < 4.78 is 0. The van der Waals surface area contributed by atoms with Crippen LogP contribution in [0.25, 0.3) is 0 Å². The third-order valence-corrected chi connectivity index (χ3v) is 1.45. The molecule has 0 aliphatic rings. The zero-order valence-electron chi connectivity index (χ0n) is 6.29. The van der Waals surface area contributed by atoms with E-state index in [0.717, 1.165) is 0 Å². The summed E-state index contributed by atoms with van der Waals surface area (Å²) in [5.41, 5.74) is 4.29. The second-order valence-electron chi connectivity index (χ2n) is 2.20. The van der Waals surface area contributed by atoms with Crippen molar-refractivity contribution in [3.05, 3.63) is 12.2 Å². The van der Waals surface area contributed by atoms with Gasteiger partial charge >= 0.3 is 5.97 Å². The third kappa shape index (κ3) is 1.84. The highest BCUT2D eigenvalue weighted by Gasteiger charge is 2.27. The number of carboxylic acid groups (broad SMARTS) is 1. The number of rotatable bonds is 3. The van der Waals surface area contributed by atoms with Crippen LogP contribution in [0, 0.1) is 0 Å². The smallest absolute Gasteiger partial charge is 0.327 e. The highest BCUT2D eigenvalue weighted by atomic mass is 16.4. The molecule has 0 radical (unpaired) electrons. The van der Waals surface area contributed by atoms with Crippen LogP contribution in [0.15, 0.2) is 12.2 Å². The fraction of sp³-hybridized carbons (Fsp3) is 0.571. The Morgan fingerprint density at radius 2 is 2.30 bits per heavy atom. The predicted molar refractivity (Wildman–Crippen MR) is 39.7 cm³/mol. The maximum atomic E-state index is 10.5. The first-order chi connectivity index (χ1) is 4.56. The maximum absolute atomic E-state index is 10.5. The summed E-state index contributed by atoms with van der Waals surface area (Å²) in [4.78, 5) is 10.5. The van der Waals surface area contributed by atoms with E-state index >= 15 is 0 Å². The van der Waals surface area contributed by atoms with Gasteiger partial charge in [-0.05, 0) is 13.3 Å². The van der Waals surface area contributed by atoms with Gasteiger partial charge in [0.25, 0.3) is 0 Å². The van der Waals surface area contributed by atoms with E-state index in [1.165, 1.54) is 6.08 Å². The van der Waals surface area contributed by atoms with Crippen molar-refractivity contribution in [3.63, 3.8) is 0 Å². The largest absolute Gasteiger partial charge is 0.480 e. The first-order valence-electron chi connectivity index (χ1n) is 3.23. The summed E-state index contributed by atoms with van der Waals surface area (Å²) in [5, 5.41) is 8.59. The van der Waals surface area contributed by atoms with Crippen molar-refractivity contribution in [2.75, 3.05) is 0 Å². The molecule has 10 heavy (non-hydrogen) atoms. The minimum absolute atomic E-state index is 0.409. The Balaban J connectivity index is 4.38. The summed E-state index contributed by atoms with van der Waals surface area (Å²) in [6, 6.07) is 0. The fourth-order valence-corrected chi connectivity index (χ4v) is 0.638. The van der Waals surface area contributed by atoms with Gasteiger partial charge in [-0.3, -0.25) is 0 Å². The Morgan fingerprint density at radius 3 is 2.40 bits per heavy atom. The molecule has 0 spiro atoms. The maximum Gasteiger partial charge on any atom is 0.327 e. The summed E-state index contributed by atoms with van der Waals surface area (Å²) in [6.07, 6.45) is 3.56. The van der Waals surface area contributed by atoms with E-state index in [1.807, 2.05) is 0 Å². The van der Waals surface area contributed by atoms with Crippen LogP contribution in [0.4, 0.5) is 0 Å². The zero-order chi connectivity index (χ0) is 8.20. The molecule has 0 unspecified atom stereocenters. The number of carbonyl (C=O) groups is 1.